The number of hydrogen-bond donors (Lipinski definition) is 1. The number of carboxylic acids is 1. The monoisotopic (exact) mass is 380 g/mol. The van der Waals surface area contributed by atoms with Gasteiger partial charge in [-0.3, -0.25) is 4.79 Å². The zero-order chi connectivity index (χ0) is 20.1. The predicted octanol–water partition coefficient (Wildman–Crippen LogP) is 4.96. The Balaban J connectivity index is 2.62. The molecule has 1 aromatic rings. The van der Waals surface area contributed by atoms with Crippen LogP contribution >= 0.6 is 0 Å². The quantitative estimate of drug-likeness (QED) is 0.436. The molecule has 0 saturated heterocycles. The summed E-state index contributed by atoms with van der Waals surface area (Å²) < 4.78 is 16.4. The van der Waals surface area contributed by atoms with Crippen molar-refractivity contribution in [3.8, 4) is 11.5 Å². The Bertz CT molecular complexity index is 542. The zero-order valence-electron chi connectivity index (χ0n) is 17.3. The van der Waals surface area contributed by atoms with E-state index in [1.807, 2.05) is 6.07 Å². The fourth-order valence-corrected chi connectivity index (χ4v) is 3.18. The van der Waals surface area contributed by atoms with E-state index in [0.717, 1.165) is 50.0 Å². The topological polar surface area (TPSA) is 65.0 Å². The van der Waals surface area contributed by atoms with Crippen molar-refractivity contribution in [1.82, 2.24) is 0 Å². The maximum absolute atomic E-state index is 10.6. The van der Waals surface area contributed by atoms with Crippen molar-refractivity contribution in [2.75, 3.05) is 27.4 Å². The molecule has 0 radical (unpaired) electrons. The largest absolute Gasteiger partial charge is 0.493 e. The Kier molecular flexibility index (Phi) is 11.6. The third-order valence-electron chi connectivity index (χ3n) is 4.88. The van der Waals surface area contributed by atoms with E-state index >= 15 is 0 Å². The molecular weight excluding hydrogens is 344 g/mol. The zero-order valence-corrected chi connectivity index (χ0v) is 17.3. The second-order valence-corrected chi connectivity index (χ2v) is 7.38. The van der Waals surface area contributed by atoms with E-state index in [0.29, 0.717) is 25.0 Å². The van der Waals surface area contributed by atoms with Crippen LogP contribution in [0.3, 0.4) is 0 Å². The van der Waals surface area contributed by atoms with Crippen molar-refractivity contribution >= 4 is 5.97 Å². The molecule has 1 rings (SSSR count). The Morgan fingerprint density at radius 1 is 1.04 bits per heavy atom. The molecular formula is C22H36O5. The number of rotatable bonds is 15. The van der Waals surface area contributed by atoms with Gasteiger partial charge in [0, 0.05) is 26.6 Å². The van der Waals surface area contributed by atoms with Crippen LogP contribution in [0, 0.1) is 11.8 Å². The molecule has 0 amide bonds. The molecule has 0 aliphatic carbocycles. The van der Waals surface area contributed by atoms with Crippen LogP contribution < -0.4 is 9.47 Å². The van der Waals surface area contributed by atoms with Gasteiger partial charge in [0.15, 0.2) is 11.5 Å². The van der Waals surface area contributed by atoms with Crippen LogP contribution in [-0.2, 0) is 16.0 Å². The maximum atomic E-state index is 10.6. The summed E-state index contributed by atoms with van der Waals surface area (Å²) in [5.41, 5.74) is 1.25. The van der Waals surface area contributed by atoms with Gasteiger partial charge in [-0.05, 0) is 48.8 Å². The highest BCUT2D eigenvalue weighted by Crippen LogP contribution is 2.31. The van der Waals surface area contributed by atoms with E-state index in [-0.39, 0.29) is 6.42 Å². The Morgan fingerprint density at radius 2 is 1.81 bits per heavy atom. The SMILES string of the molecule is COCCCOc1cc(C[C@H](CCCCCC(=O)O)C(C)C)ccc1OC. The highest BCUT2D eigenvalue weighted by molar-refractivity contribution is 5.66. The third kappa shape index (κ3) is 9.66. The Hall–Kier alpha value is -1.75. The summed E-state index contributed by atoms with van der Waals surface area (Å²) in [6.45, 7) is 5.80. The van der Waals surface area contributed by atoms with Crippen molar-refractivity contribution in [3.63, 3.8) is 0 Å². The summed E-state index contributed by atoms with van der Waals surface area (Å²) in [5.74, 6) is 2.00. The van der Waals surface area contributed by atoms with E-state index in [1.54, 1.807) is 14.2 Å². The first-order valence-corrected chi connectivity index (χ1v) is 9.98. The molecule has 0 spiro atoms. The lowest BCUT2D eigenvalue weighted by atomic mass is 9.85. The second kappa shape index (κ2) is 13.4. The molecule has 154 valence electrons. The van der Waals surface area contributed by atoms with Gasteiger partial charge in [0.25, 0.3) is 0 Å². The fraction of sp³-hybridized carbons (Fsp3) is 0.682. The Labute approximate surface area is 164 Å². The van der Waals surface area contributed by atoms with Gasteiger partial charge in [-0.25, -0.2) is 0 Å². The third-order valence-corrected chi connectivity index (χ3v) is 4.88. The first kappa shape index (κ1) is 23.3. The first-order chi connectivity index (χ1) is 13.0. The molecule has 0 heterocycles. The summed E-state index contributed by atoms with van der Waals surface area (Å²) in [6, 6.07) is 6.18. The lowest BCUT2D eigenvalue weighted by molar-refractivity contribution is -0.137. The summed E-state index contributed by atoms with van der Waals surface area (Å²) in [4.78, 5) is 10.6. The molecule has 0 aromatic heterocycles. The smallest absolute Gasteiger partial charge is 0.303 e. The van der Waals surface area contributed by atoms with Crippen LogP contribution in [-0.4, -0.2) is 38.5 Å². The van der Waals surface area contributed by atoms with Crippen molar-refractivity contribution in [3.05, 3.63) is 23.8 Å². The molecule has 0 unspecified atom stereocenters. The summed E-state index contributed by atoms with van der Waals surface area (Å²) in [7, 11) is 3.35. The molecule has 27 heavy (non-hydrogen) atoms. The summed E-state index contributed by atoms with van der Waals surface area (Å²) in [5, 5.41) is 8.74. The van der Waals surface area contributed by atoms with E-state index in [2.05, 4.69) is 26.0 Å². The van der Waals surface area contributed by atoms with E-state index in [9.17, 15) is 4.79 Å². The maximum Gasteiger partial charge on any atom is 0.303 e. The number of benzene rings is 1. The van der Waals surface area contributed by atoms with Gasteiger partial charge < -0.3 is 19.3 Å². The second-order valence-electron chi connectivity index (χ2n) is 7.38. The van der Waals surface area contributed by atoms with Crippen LogP contribution in [0.5, 0.6) is 11.5 Å². The molecule has 0 saturated carbocycles. The molecule has 1 N–H and O–H groups in total. The number of carbonyl (C=O) groups is 1. The van der Waals surface area contributed by atoms with Crippen LogP contribution in [0.1, 0.15) is 57.9 Å². The van der Waals surface area contributed by atoms with Crippen molar-refractivity contribution < 1.29 is 24.1 Å². The molecule has 0 aliphatic heterocycles. The van der Waals surface area contributed by atoms with Crippen LogP contribution in [0.2, 0.25) is 0 Å². The van der Waals surface area contributed by atoms with Crippen LogP contribution in [0.25, 0.3) is 0 Å². The van der Waals surface area contributed by atoms with Crippen molar-refractivity contribution in [1.29, 1.82) is 0 Å². The van der Waals surface area contributed by atoms with E-state index in [4.69, 9.17) is 19.3 Å². The van der Waals surface area contributed by atoms with Gasteiger partial charge in [0.2, 0.25) is 0 Å². The van der Waals surface area contributed by atoms with Gasteiger partial charge in [-0.1, -0.05) is 32.8 Å². The molecule has 1 atom stereocenters. The van der Waals surface area contributed by atoms with Gasteiger partial charge in [-0.15, -0.1) is 0 Å². The number of aliphatic carboxylic acids is 1. The van der Waals surface area contributed by atoms with E-state index in [1.165, 1.54) is 5.56 Å². The lowest BCUT2D eigenvalue weighted by Gasteiger charge is -2.22. The average Bonchev–Trinajstić information content (AvgIpc) is 2.63. The van der Waals surface area contributed by atoms with Crippen molar-refractivity contribution in [2.24, 2.45) is 11.8 Å². The standard InChI is InChI=1S/C22H36O5/c1-17(2)19(9-6-5-7-10-22(23)24)15-18-11-12-20(26-4)21(16-18)27-14-8-13-25-3/h11-12,16-17,19H,5-10,13-15H2,1-4H3,(H,23,24)/t19-/m0/s1. The summed E-state index contributed by atoms with van der Waals surface area (Å²) in [6.07, 6.45) is 6.05. The van der Waals surface area contributed by atoms with Gasteiger partial charge >= 0.3 is 5.97 Å². The van der Waals surface area contributed by atoms with E-state index < -0.39 is 5.97 Å². The number of methoxy groups -OCH3 is 2. The average molecular weight is 381 g/mol. The molecule has 0 aliphatic rings. The lowest BCUT2D eigenvalue weighted by Crippen LogP contribution is -2.12. The summed E-state index contributed by atoms with van der Waals surface area (Å²) >= 11 is 0. The molecule has 1 aromatic carbocycles. The molecule has 5 nitrogen and oxygen atoms in total. The Morgan fingerprint density at radius 3 is 2.44 bits per heavy atom. The minimum absolute atomic E-state index is 0.272. The highest BCUT2D eigenvalue weighted by Gasteiger charge is 2.16. The van der Waals surface area contributed by atoms with Gasteiger partial charge in [0.05, 0.1) is 13.7 Å². The normalized spacial score (nSPS) is 12.2. The predicted molar refractivity (Wildman–Crippen MR) is 108 cm³/mol. The number of hydrogen-bond acceptors (Lipinski definition) is 4. The molecule has 0 fully saturated rings. The number of unbranched alkanes of at least 4 members (excludes halogenated alkanes) is 2. The minimum atomic E-state index is -0.702. The first-order valence-electron chi connectivity index (χ1n) is 9.98. The molecule has 5 heteroatoms. The van der Waals surface area contributed by atoms with Crippen LogP contribution in [0.15, 0.2) is 18.2 Å². The van der Waals surface area contributed by atoms with Crippen LogP contribution in [0.4, 0.5) is 0 Å². The number of ether oxygens (including phenoxy) is 3. The molecule has 0 bridgehead atoms. The highest BCUT2D eigenvalue weighted by atomic mass is 16.5. The minimum Gasteiger partial charge on any atom is -0.493 e. The van der Waals surface area contributed by atoms with Crippen molar-refractivity contribution in [2.45, 2.75) is 58.8 Å². The number of carboxylic acid groups (broad SMARTS) is 1. The fourth-order valence-electron chi connectivity index (χ4n) is 3.18. The van der Waals surface area contributed by atoms with Gasteiger partial charge in [-0.2, -0.15) is 0 Å². The van der Waals surface area contributed by atoms with Gasteiger partial charge in [0.1, 0.15) is 0 Å².